The monoisotopic (exact) mass is 368 g/mol. The summed E-state index contributed by atoms with van der Waals surface area (Å²) in [5.41, 5.74) is 0. The Morgan fingerprint density at radius 1 is 1.29 bits per heavy atom. The maximum Gasteiger partial charge on any atom is 0.261 e. The van der Waals surface area contributed by atoms with Crippen LogP contribution in [0.25, 0.3) is 0 Å². The number of rotatable bonds is 5. The Kier molecular flexibility index (Phi) is 5.03. The van der Waals surface area contributed by atoms with E-state index in [2.05, 4.69) is 4.98 Å². The molecule has 0 amide bonds. The third-order valence-corrected chi connectivity index (χ3v) is 4.64. The van der Waals surface area contributed by atoms with E-state index in [0.29, 0.717) is 13.0 Å². The Labute approximate surface area is 136 Å². The second kappa shape index (κ2) is 6.44. The van der Waals surface area contributed by atoms with Gasteiger partial charge in [-0.1, -0.05) is 23.2 Å². The van der Waals surface area contributed by atoms with Crippen molar-refractivity contribution in [1.29, 1.82) is 0 Å². The molecule has 114 valence electrons. The lowest BCUT2D eigenvalue weighted by atomic mass is 10.3. The van der Waals surface area contributed by atoms with Crippen LogP contribution in [0.1, 0.15) is 5.82 Å². The molecule has 1 heterocycles. The fourth-order valence-electron chi connectivity index (χ4n) is 1.70. The van der Waals surface area contributed by atoms with E-state index in [-0.39, 0.29) is 20.7 Å². The molecule has 0 atom stereocenters. The maximum atomic E-state index is 11.3. The molecule has 1 aromatic carbocycles. The average molecular weight is 370 g/mol. The lowest BCUT2D eigenvalue weighted by Gasteiger charge is -2.11. The van der Waals surface area contributed by atoms with E-state index in [9.17, 15) is 8.42 Å². The first-order valence-corrected chi connectivity index (χ1v) is 8.88. The first-order chi connectivity index (χ1) is 9.79. The molecule has 0 aliphatic heterocycles. The van der Waals surface area contributed by atoms with Crippen molar-refractivity contribution < 1.29 is 13.2 Å². The fourth-order valence-corrected chi connectivity index (χ4v) is 3.21. The number of aromatic nitrogens is 2. The van der Waals surface area contributed by atoms with Crippen LogP contribution in [0.3, 0.4) is 0 Å². The van der Waals surface area contributed by atoms with Gasteiger partial charge in [-0.2, -0.15) is 0 Å². The minimum atomic E-state index is -3.89. The van der Waals surface area contributed by atoms with Gasteiger partial charge in [0, 0.05) is 36.5 Å². The van der Waals surface area contributed by atoms with Crippen molar-refractivity contribution in [2.75, 3.05) is 6.61 Å². The maximum absolute atomic E-state index is 11.3. The van der Waals surface area contributed by atoms with Crippen LogP contribution >= 0.6 is 33.9 Å². The van der Waals surface area contributed by atoms with Gasteiger partial charge in [0.1, 0.15) is 5.82 Å². The van der Waals surface area contributed by atoms with Crippen LogP contribution < -0.4 is 4.74 Å². The highest BCUT2D eigenvalue weighted by Crippen LogP contribution is 2.36. The number of nitrogens with zero attached hydrogens (tertiary/aromatic N) is 2. The van der Waals surface area contributed by atoms with Gasteiger partial charge in [0.15, 0.2) is 5.75 Å². The largest absolute Gasteiger partial charge is 0.490 e. The Balaban J connectivity index is 2.12. The molecule has 0 saturated heterocycles. The third kappa shape index (κ3) is 4.03. The van der Waals surface area contributed by atoms with Crippen molar-refractivity contribution in [2.45, 2.75) is 11.3 Å². The van der Waals surface area contributed by atoms with Gasteiger partial charge in [0.25, 0.3) is 9.05 Å². The lowest BCUT2D eigenvalue weighted by Crippen LogP contribution is -2.07. The summed E-state index contributed by atoms with van der Waals surface area (Å²) < 4.78 is 29.9. The fraction of sp³-hybridized carbons (Fsp3) is 0.250. The average Bonchev–Trinajstić information content (AvgIpc) is 2.77. The van der Waals surface area contributed by atoms with Crippen molar-refractivity contribution >= 4 is 42.9 Å². The molecule has 1 aromatic heterocycles. The number of hydrogen-bond acceptors (Lipinski definition) is 4. The van der Waals surface area contributed by atoms with Crippen LogP contribution in [-0.4, -0.2) is 24.6 Å². The molecule has 2 rings (SSSR count). The van der Waals surface area contributed by atoms with Crippen molar-refractivity contribution in [3.05, 3.63) is 40.4 Å². The van der Waals surface area contributed by atoms with Crippen LogP contribution in [-0.2, 0) is 22.5 Å². The molecule has 9 heteroatoms. The molecular weight excluding hydrogens is 359 g/mol. The highest BCUT2D eigenvalue weighted by molar-refractivity contribution is 8.13. The van der Waals surface area contributed by atoms with Crippen molar-refractivity contribution in [1.82, 2.24) is 9.55 Å². The highest BCUT2D eigenvalue weighted by Gasteiger charge is 2.17. The third-order valence-electron chi connectivity index (χ3n) is 2.75. The minimum absolute atomic E-state index is 0.0848. The first kappa shape index (κ1) is 16.4. The standard InChI is InChI=1S/C12H11Cl3N2O3S/c1-17-4-3-16-11(17)2-5-20-12-9(13)6-8(7-10(12)14)21(15,18)19/h3-4,6-7H,2,5H2,1H3. The zero-order chi connectivity index (χ0) is 15.6. The zero-order valence-electron chi connectivity index (χ0n) is 10.9. The topological polar surface area (TPSA) is 61.2 Å². The summed E-state index contributed by atoms with van der Waals surface area (Å²) in [7, 11) is 3.23. The lowest BCUT2D eigenvalue weighted by molar-refractivity contribution is 0.317. The molecule has 2 aromatic rings. The summed E-state index contributed by atoms with van der Waals surface area (Å²) in [6.07, 6.45) is 4.08. The van der Waals surface area contributed by atoms with Crippen LogP contribution in [0.2, 0.25) is 10.0 Å². The van der Waals surface area contributed by atoms with Crippen molar-refractivity contribution in [3.63, 3.8) is 0 Å². The number of hydrogen-bond donors (Lipinski definition) is 0. The van der Waals surface area contributed by atoms with E-state index in [1.54, 1.807) is 6.20 Å². The van der Waals surface area contributed by atoms with E-state index in [1.807, 2.05) is 17.8 Å². The molecule has 0 fully saturated rings. The first-order valence-electron chi connectivity index (χ1n) is 5.81. The normalized spacial score (nSPS) is 11.6. The zero-order valence-corrected chi connectivity index (χ0v) is 14.0. The van der Waals surface area contributed by atoms with Crippen molar-refractivity contribution in [2.24, 2.45) is 7.05 Å². The predicted molar refractivity (Wildman–Crippen MR) is 81.9 cm³/mol. The summed E-state index contributed by atoms with van der Waals surface area (Å²) >= 11 is 12.0. The Morgan fingerprint density at radius 3 is 2.38 bits per heavy atom. The van der Waals surface area contributed by atoms with Crippen molar-refractivity contribution in [3.8, 4) is 5.75 Å². The van der Waals surface area contributed by atoms with Gasteiger partial charge in [-0.25, -0.2) is 13.4 Å². The van der Waals surface area contributed by atoms with Gasteiger partial charge < -0.3 is 9.30 Å². The second-order valence-corrected chi connectivity index (χ2v) is 7.59. The Bertz CT molecular complexity index is 736. The molecule has 0 bridgehead atoms. The van der Waals surface area contributed by atoms with Crippen LogP contribution in [0.15, 0.2) is 29.4 Å². The summed E-state index contributed by atoms with van der Waals surface area (Å²) in [6.45, 7) is 0.303. The van der Waals surface area contributed by atoms with E-state index in [0.717, 1.165) is 5.82 Å². The Morgan fingerprint density at radius 2 is 1.90 bits per heavy atom. The summed E-state index contributed by atoms with van der Waals surface area (Å²) in [4.78, 5) is 3.99. The summed E-state index contributed by atoms with van der Waals surface area (Å²) in [6, 6.07) is 2.40. The molecule has 5 nitrogen and oxygen atoms in total. The molecule has 0 saturated carbocycles. The molecular formula is C12H11Cl3N2O3S. The number of halogens is 3. The molecule has 0 aliphatic carbocycles. The number of aryl methyl sites for hydroxylation is 1. The SMILES string of the molecule is Cn1ccnc1CCOc1c(Cl)cc(S(=O)(=O)Cl)cc1Cl. The quantitative estimate of drug-likeness (QED) is 0.759. The molecule has 21 heavy (non-hydrogen) atoms. The van der Waals surface area contributed by atoms with E-state index >= 15 is 0 Å². The van der Waals surface area contributed by atoms with Gasteiger partial charge in [-0.15, -0.1) is 0 Å². The smallest absolute Gasteiger partial charge is 0.261 e. The summed E-state index contributed by atoms with van der Waals surface area (Å²) in [5, 5.41) is 0.170. The number of imidazole rings is 1. The van der Waals surface area contributed by atoms with E-state index < -0.39 is 9.05 Å². The molecule has 0 N–H and O–H groups in total. The van der Waals surface area contributed by atoms with Gasteiger partial charge in [0.05, 0.1) is 21.5 Å². The van der Waals surface area contributed by atoms with E-state index in [4.69, 9.17) is 38.6 Å². The molecule has 0 aliphatic rings. The number of benzene rings is 1. The summed E-state index contributed by atoms with van der Waals surface area (Å²) in [5.74, 6) is 1.07. The minimum Gasteiger partial charge on any atom is -0.490 e. The van der Waals surface area contributed by atoms with Gasteiger partial charge in [-0.05, 0) is 12.1 Å². The molecule has 0 spiro atoms. The molecule has 0 unspecified atom stereocenters. The van der Waals surface area contributed by atoms with Crippen LogP contribution in [0.4, 0.5) is 0 Å². The van der Waals surface area contributed by atoms with Crippen LogP contribution in [0.5, 0.6) is 5.75 Å². The predicted octanol–water partition coefficient (Wildman–Crippen LogP) is 3.28. The van der Waals surface area contributed by atoms with Gasteiger partial charge in [0.2, 0.25) is 0 Å². The Hall–Kier alpha value is -0.950. The van der Waals surface area contributed by atoms with E-state index in [1.165, 1.54) is 12.1 Å². The number of ether oxygens (including phenoxy) is 1. The second-order valence-electron chi connectivity index (χ2n) is 4.21. The van der Waals surface area contributed by atoms with Crippen LogP contribution in [0, 0.1) is 0 Å². The van der Waals surface area contributed by atoms with Gasteiger partial charge >= 0.3 is 0 Å². The molecule has 0 radical (unpaired) electrons. The van der Waals surface area contributed by atoms with Gasteiger partial charge in [-0.3, -0.25) is 0 Å². The highest BCUT2D eigenvalue weighted by atomic mass is 35.7.